The van der Waals surface area contributed by atoms with E-state index in [2.05, 4.69) is 62.0 Å². The van der Waals surface area contributed by atoms with Gasteiger partial charge in [0.1, 0.15) is 0 Å². The van der Waals surface area contributed by atoms with Crippen LogP contribution in [0.5, 0.6) is 0 Å². The standard InChI is InChI=1S/C9H9N.C4H10/c1-10-7-6-8-4-2-3-5-9(8)10;1-3-4-2/h2-7H,1H3;3-4H2,1-2H3. The van der Waals surface area contributed by atoms with E-state index in [1.807, 2.05) is 0 Å². The maximum Gasteiger partial charge on any atom is 0.0477 e. The Morgan fingerprint density at radius 1 is 1.00 bits per heavy atom. The van der Waals surface area contributed by atoms with E-state index >= 15 is 0 Å². The molecule has 0 saturated carbocycles. The summed E-state index contributed by atoms with van der Waals surface area (Å²) in [5, 5.41) is 1.31. The van der Waals surface area contributed by atoms with Gasteiger partial charge in [0.15, 0.2) is 0 Å². The first-order chi connectivity index (χ1) is 6.79. The fourth-order valence-corrected chi connectivity index (χ4v) is 1.22. The summed E-state index contributed by atoms with van der Waals surface area (Å²) in [6.07, 6.45) is 4.71. The van der Waals surface area contributed by atoms with Gasteiger partial charge in [0.25, 0.3) is 0 Å². The van der Waals surface area contributed by atoms with Gasteiger partial charge < -0.3 is 4.57 Å². The van der Waals surface area contributed by atoms with Crippen LogP contribution in [-0.2, 0) is 7.05 Å². The van der Waals surface area contributed by atoms with Crippen molar-refractivity contribution in [3.05, 3.63) is 36.5 Å². The number of aromatic nitrogens is 1. The lowest BCUT2D eigenvalue weighted by Crippen LogP contribution is -1.81. The third-order valence-corrected chi connectivity index (χ3v) is 2.29. The molecule has 0 spiro atoms. The smallest absolute Gasteiger partial charge is 0.0477 e. The molecule has 1 heterocycles. The van der Waals surface area contributed by atoms with Gasteiger partial charge in [-0.2, -0.15) is 0 Å². The van der Waals surface area contributed by atoms with E-state index in [-0.39, 0.29) is 0 Å². The van der Waals surface area contributed by atoms with Gasteiger partial charge in [-0.25, -0.2) is 0 Å². The summed E-state index contributed by atoms with van der Waals surface area (Å²) >= 11 is 0. The van der Waals surface area contributed by atoms with Crippen LogP contribution in [0.25, 0.3) is 10.9 Å². The summed E-state index contributed by atoms with van der Waals surface area (Å²) in [7, 11) is 2.06. The molecule has 0 atom stereocenters. The average molecular weight is 189 g/mol. The number of nitrogens with zero attached hydrogens (tertiary/aromatic N) is 1. The summed E-state index contributed by atoms with van der Waals surface area (Å²) in [5.41, 5.74) is 1.29. The van der Waals surface area contributed by atoms with E-state index in [0.717, 1.165) is 0 Å². The highest BCUT2D eigenvalue weighted by molar-refractivity contribution is 5.79. The quantitative estimate of drug-likeness (QED) is 0.639. The molecule has 0 N–H and O–H groups in total. The first-order valence-electron chi connectivity index (χ1n) is 5.29. The molecule has 2 rings (SSSR count). The molecule has 0 aliphatic rings. The molecule has 0 unspecified atom stereocenters. The number of hydrogen-bond acceptors (Lipinski definition) is 0. The first-order valence-corrected chi connectivity index (χ1v) is 5.29. The number of rotatable bonds is 1. The topological polar surface area (TPSA) is 4.93 Å². The van der Waals surface area contributed by atoms with Crippen molar-refractivity contribution >= 4 is 10.9 Å². The fourth-order valence-electron chi connectivity index (χ4n) is 1.22. The van der Waals surface area contributed by atoms with E-state index in [4.69, 9.17) is 0 Å². The Bertz CT molecular complexity index is 371. The maximum atomic E-state index is 2.18. The summed E-state index contributed by atoms with van der Waals surface area (Å²) in [6.45, 7) is 4.36. The van der Waals surface area contributed by atoms with Gasteiger partial charge in [-0.1, -0.05) is 44.9 Å². The second-order valence-corrected chi connectivity index (χ2v) is 3.49. The van der Waals surface area contributed by atoms with Crippen LogP contribution in [-0.4, -0.2) is 4.57 Å². The third-order valence-electron chi connectivity index (χ3n) is 2.29. The first kappa shape index (κ1) is 10.8. The molecule has 1 nitrogen and oxygen atoms in total. The van der Waals surface area contributed by atoms with E-state index in [9.17, 15) is 0 Å². The van der Waals surface area contributed by atoms with Gasteiger partial charge in [0.05, 0.1) is 0 Å². The van der Waals surface area contributed by atoms with E-state index < -0.39 is 0 Å². The van der Waals surface area contributed by atoms with E-state index in [0.29, 0.717) is 0 Å². The highest BCUT2D eigenvalue weighted by Crippen LogP contribution is 2.12. The van der Waals surface area contributed by atoms with Gasteiger partial charge in [-0.3, -0.25) is 0 Å². The molecule has 0 aliphatic heterocycles. The number of fused-ring (bicyclic) bond motifs is 1. The Labute approximate surface area is 86.4 Å². The normalized spacial score (nSPS) is 9.64. The van der Waals surface area contributed by atoms with Gasteiger partial charge in [-0.15, -0.1) is 0 Å². The zero-order valence-electron chi connectivity index (χ0n) is 9.33. The van der Waals surface area contributed by atoms with Crippen LogP contribution in [0, 0.1) is 0 Å². The monoisotopic (exact) mass is 189 g/mol. The Balaban J connectivity index is 0.000000213. The minimum absolute atomic E-state index is 1.29. The van der Waals surface area contributed by atoms with Crippen LogP contribution < -0.4 is 0 Å². The average Bonchev–Trinajstić information content (AvgIpc) is 2.62. The number of hydrogen-bond donors (Lipinski definition) is 0. The molecule has 1 aromatic carbocycles. The number of benzene rings is 1. The van der Waals surface area contributed by atoms with E-state index in [1.54, 1.807) is 0 Å². The zero-order valence-corrected chi connectivity index (χ0v) is 9.33. The Morgan fingerprint density at radius 3 is 2.21 bits per heavy atom. The molecule has 76 valence electrons. The molecule has 0 radical (unpaired) electrons. The van der Waals surface area contributed by atoms with Crippen LogP contribution >= 0.6 is 0 Å². The minimum Gasteiger partial charge on any atom is -0.351 e. The molecule has 0 bridgehead atoms. The van der Waals surface area contributed by atoms with Crippen molar-refractivity contribution in [2.24, 2.45) is 7.05 Å². The lowest BCUT2D eigenvalue weighted by atomic mass is 10.2. The maximum absolute atomic E-state index is 2.18. The molecular formula is C13H19N. The van der Waals surface area contributed by atoms with Crippen molar-refractivity contribution in [3.63, 3.8) is 0 Å². The Kier molecular flexibility index (Phi) is 4.24. The summed E-state index contributed by atoms with van der Waals surface area (Å²) in [6, 6.07) is 10.5. The van der Waals surface area contributed by atoms with Gasteiger partial charge >= 0.3 is 0 Å². The predicted molar refractivity (Wildman–Crippen MR) is 63.5 cm³/mol. The molecule has 0 amide bonds. The lowest BCUT2D eigenvalue weighted by Gasteiger charge is -1.92. The molecule has 14 heavy (non-hydrogen) atoms. The lowest BCUT2D eigenvalue weighted by molar-refractivity contribution is 0.886. The van der Waals surface area contributed by atoms with Crippen LogP contribution in [0.2, 0.25) is 0 Å². The van der Waals surface area contributed by atoms with Gasteiger partial charge in [-0.05, 0) is 17.5 Å². The highest BCUT2D eigenvalue weighted by atomic mass is 14.9. The van der Waals surface area contributed by atoms with Crippen LogP contribution in [0.4, 0.5) is 0 Å². The summed E-state index contributed by atoms with van der Waals surface area (Å²) in [5.74, 6) is 0. The zero-order chi connectivity index (χ0) is 10.4. The van der Waals surface area contributed by atoms with Crippen molar-refractivity contribution in [1.82, 2.24) is 4.57 Å². The fraction of sp³-hybridized carbons (Fsp3) is 0.385. The molecule has 0 saturated heterocycles. The van der Waals surface area contributed by atoms with Gasteiger partial charge in [0, 0.05) is 18.8 Å². The molecule has 0 aliphatic carbocycles. The number of aryl methyl sites for hydroxylation is 1. The van der Waals surface area contributed by atoms with Crippen LogP contribution in [0.15, 0.2) is 36.5 Å². The van der Waals surface area contributed by atoms with Crippen molar-refractivity contribution in [3.8, 4) is 0 Å². The molecule has 1 aromatic heterocycles. The molecular weight excluding hydrogens is 170 g/mol. The summed E-state index contributed by atoms with van der Waals surface area (Å²) < 4.78 is 2.12. The Hall–Kier alpha value is -1.24. The minimum atomic E-state index is 1.29. The van der Waals surface area contributed by atoms with Crippen molar-refractivity contribution < 1.29 is 0 Å². The molecule has 1 heteroatoms. The van der Waals surface area contributed by atoms with Crippen LogP contribution in [0.1, 0.15) is 26.7 Å². The molecule has 0 fully saturated rings. The van der Waals surface area contributed by atoms with Crippen molar-refractivity contribution in [1.29, 1.82) is 0 Å². The SMILES string of the molecule is CCCC.Cn1ccc2ccccc21. The largest absolute Gasteiger partial charge is 0.351 e. The highest BCUT2D eigenvalue weighted by Gasteiger charge is 1.92. The third kappa shape index (κ3) is 2.63. The second-order valence-electron chi connectivity index (χ2n) is 3.49. The van der Waals surface area contributed by atoms with Crippen LogP contribution in [0.3, 0.4) is 0 Å². The van der Waals surface area contributed by atoms with Gasteiger partial charge in [0.2, 0.25) is 0 Å². The summed E-state index contributed by atoms with van der Waals surface area (Å²) in [4.78, 5) is 0. The number of para-hydroxylation sites is 1. The van der Waals surface area contributed by atoms with Crippen molar-refractivity contribution in [2.45, 2.75) is 26.7 Å². The van der Waals surface area contributed by atoms with E-state index in [1.165, 1.54) is 23.7 Å². The molecule has 2 aromatic rings. The predicted octanol–water partition coefficient (Wildman–Crippen LogP) is 3.98. The number of unbranched alkanes of at least 4 members (excludes halogenated alkanes) is 1. The second kappa shape index (κ2) is 5.48. The van der Waals surface area contributed by atoms with Crippen molar-refractivity contribution in [2.75, 3.05) is 0 Å². The Morgan fingerprint density at radius 2 is 1.64 bits per heavy atom.